The molecule has 0 heterocycles. The predicted octanol–water partition coefficient (Wildman–Crippen LogP) is 0.473. The molecule has 0 aliphatic heterocycles. The summed E-state index contributed by atoms with van der Waals surface area (Å²) in [6.07, 6.45) is 1.04. The van der Waals surface area contributed by atoms with E-state index < -0.39 is 0 Å². The maximum atomic E-state index is 5.10. The molecule has 0 saturated carbocycles. The van der Waals surface area contributed by atoms with Gasteiger partial charge in [-0.15, -0.1) is 0 Å². The van der Waals surface area contributed by atoms with Crippen LogP contribution in [0.4, 0.5) is 0 Å². The Labute approximate surface area is 69.0 Å². The minimum Gasteiger partial charge on any atom is -0.370 e. The molecule has 0 spiro atoms. The summed E-state index contributed by atoms with van der Waals surface area (Å²) in [6, 6.07) is 0. The van der Waals surface area contributed by atoms with E-state index in [-0.39, 0.29) is 5.96 Å². The molecule has 0 fully saturated rings. The summed E-state index contributed by atoms with van der Waals surface area (Å²) < 4.78 is 0.644. The molecule has 0 aliphatic rings. The molecular weight excluding hydrogens is 229 g/mol. The van der Waals surface area contributed by atoms with Gasteiger partial charge in [-0.1, -0.05) is 29.5 Å². The van der Waals surface area contributed by atoms with Crippen molar-refractivity contribution in [1.82, 2.24) is 0 Å². The highest BCUT2D eigenvalue weighted by molar-refractivity contribution is 14.1. The number of guanidine groups is 1. The van der Waals surface area contributed by atoms with Crippen LogP contribution in [0.5, 0.6) is 0 Å². The third-order valence-corrected chi connectivity index (χ3v) is 1.44. The van der Waals surface area contributed by atoms with Crippen molar-refractivity contribution >= 4 is 28.6 Å². The van der Waals surface area contributed by atoms with Crippen molar-refractivity contribution < 1.29 is 0 Å². The standard InChI is InChI=1S/C5H12IN3/c1-4(6)2-3-9-5(7)8/h4H,2-3H2,1H3,(H4,7,8,9)/t4-/m0/s1. The van der Waals surface area contributed by atoms with E-state index in [1.807, 2.05) is 0 Å². The number of nitrogens with two attached hydrogens (primary N) is 2. The molecule has 4 N–H and O–H groups in total. The molecule has 0 rings (SSSR count). The van der Waals surface area contributed by atoms with Gasteiger partial charge in [0.15, 0.2) is 5.96 Å². The Hall–Kier alpha value is 0. The number of nitrogens with zero attached hydrogens (tertiary/aromatic N) is 1. The molecule has 0 aromatic rings. The average Bonchev–Trinajstić information content (AvgIpc) is 1.63. The molecule has 0 bridgehead atoms. The lowest BCUT2D eigenvalue weighted by Gasteiger charge is -1.97. The minimum absolute atomic E-state index is 0.187. The molecule has 0 amide bonds. The van der Waals surface area contributed by atoms with Gasteiger partial charge in [0.2, 0.25) is 0 Å². The smallest absolute Gasteiger partial charge is 0.185 e. The van der Waals surface area contributed by atoms with E-state index in [1.54, 1.807) is 0 Å². The summed E-state index contributed by atoms with van der Waals surface area (Å²) in [7, 11) is 0. The van der Waals surface area contributed by atoms with Gasteiger partial charge in [-0.2, -0.15) is 0 Å². The first-order valence-corrected chi connectivity index (χ1v) is 4.07. The Morgan fingerprint density at radius 1 is 1.67 bits per heavy atom. The van der Waals surface area contributed by atoms with Crippen LogP contribution in [0.1, 0.15) is 13.3 Å². The third-order valence-electron chi connectivity index (χ3n) is 0.821. The van der Waals surface area contributed by atoms with Gasteiger partial charge >= 0.3 is 0 Å². The first kappa shape index (κ1) is 9.00. The molecule has 3 nitrogen and oxygen atoms in total. The molecule has 0 aliphatic carbocycles. The van der Waals surface area contributed by atoms with Crippen LogP contribution in [0.15, 0.2) is 4.99 Å². The van der Waals surface area contributed by atoms with Gasteiger partial charge in [0.05, 0.1) is 0 Å². The molecule has 1 atom stereocenters. The van der Waals surface area contributed by atoms with Crippen LogP contribution in [0.25, 0.3) is 0 Å². The summed E-state index contributed by atoms with van der Waals surface area (Å²) in [5, 5.41) is 0. The lowest BCUT2D eigenvalue weighted by atomic mass is 10.3. The third kappa shape index (κ3) is 8.00. The van der Waals surface area contributed by atoms with Crippen molar-refractivity contribution in [3.8, 4) is 0 Å². The number of rotatable bonds is 3. The van der Waals surface area contributed by atoms with Crippen LogP contribution in [-0.4, -0.2) is 16.4 Å². The highest BCUT2D eigenvalue weighted by atomic mass is 127. The van der Waals surface area contributed by atoms with Crippen molar-refractivity contribution in [3.63, 3.8) is 0 Å². The maximum Gasteiger partial charge on any atom is 0.185 e. The van der Waals surface area contributed by atoms with Gasteiger partial charge < -0.3 is 11.5 Å². The second-order valence-corrected chi connectivity index (χ2v) is 4.00. The van der Waals surface area contributed by atoms with E-state index in [0.717, 1.165) is 13.0 Å². The molecular formula is C5H12IN3. The van der Waals surface area contributed by atoms with E-state index in [0.29, 0.717) is 3.92 Å². The van der Waals surface area contributed by atoms with Gasteiger partial charge in [0, 0.05) is 10.5 Å². The van der Waals surface area contributed by atoms with E-state index in [4.69, 9.17) is 11.5 Å². The van der Waals surface area contributed by atoms with E-state index >= 15 is 0 Å². The van der Waals surface area contributed by atoms with E-state index in [1.165, 1.54) is 0 Å². The van der Waals surface area contributed by atoms with Gasteiger partial charge in [0.1, 0.15) is 0 Å². The lowest BCUT2D eigenvalue weighted by molar-refractivity contribution is 0.843. The Bertz CT molecular complexity index is 96.4. The molecule has 0 saturated heterocycles. The predicted molar refractivity (Wildman–Crippen MR) is 48.8 cm³/mol. The number of hydrogen-bond donors (Lipinski definition) is 2. The quantitative estimate of drug-likeness (QED) is 0.326. The van der Waals surface area contributed by atoms with Gasteiger partial charge in [-0.3, -0.25) is 4.99 Å². The molecule has 54 valence electrons. The summed E-state index contributed by atoms with van der Waals surface area (Å²) in [5.41, 5.74) is 10.2. The van der Waals surface area contributed by atoms with Crippen molar-refractivity contribution in [1.29, 1.82) is 0 Å². The Kier molecular flexibility index (Phi) is 4.84. The Morgan fingerprint density at radius 2 is 2.22 bits per heavy atom. The number of halogens is 1. The Morgan fingerprint density at radius 3 is 2.56 bits per heavy atom. The topological polar surface area (TPSA) is 64.4 Å². The largest absolute Gasteiger partial charge is 0.370 e. The van der Waals surface area contributed by atoms with Gasteiger partial charge in [-0.05, 0) is 6.42 Å². The van der Waals surface area contributed by atoms with Crippen LogP contribution >= 0.6 is 22.6 Å². The zero-order chi connectivity index (χ0) is 7.28. The number of hydrogen-bond acceptors (Lipinski definition) is 1. The molecule has 0 aromatic heterocycles. The molecule has 0 aromatic carbocycles. The van der Waals surface area contributed by atoms with E-state index in [2.05, 4.69) is 34.5 Å². The normalized spacial score (nSPS) is 12.7. The summed E-state index contributed by atoms with van der Waals surface area (Å²) in [5.74, 6) is 0.187. The van der Waals surface area contributed by atoms with Crippen LogP contribution in [-0.2, 0) is 0 Å². The zero-order valence-electron chi connectivity index (χ0n) is 5.47. The molecule has 4 heteroatoms. The van der Waals surface area contributed by atoms with Crippen molar-refractivity contribution in [2.24, 2.45) is 16.5 Å². The summed E-state index contributed by atoms with van der Waals surface area (Å²) >= 11 is 2.34. The Balaban J connectivity index is 3.20. The van der Waals surface area contributed by atoms with Crippen LogP contribution in [0.2, 0.25) is 0 Å². The first-order valence-electron chi connectivity index (χ1n) is 2.82. The number of alkyl halides is 1. The second kappa shape index (κ2) is 4.84. The fourth-order valence-corrected chi connectivity index (χ4v) is 0.650. The maximum absolute atomic E-state index is 5.10. The second-order valence-electron chi connectivity index (χ2n) is 1.88. The van der Waals surface area contributed by atoms with Crippen LogP contribution in [0, 0.1) is 0 Å². The van der Waals surface area contributed by atoms with Crippen molar-refractivity contribution in [3.05, 3.63) is 0 Å². The molecule has 0 unspecified atom stereocenters. The van der Waals surface area contributed by atoms with Gasteiger partial charge in [0.25, 0.3) is 0 Å². The SMILES string of the molecule is C[C@H](I)CCN=C(N)N. The average molecular weight is 241 g/mol. The number of aliphatic imine (C=N–C) groups is 1. The molecule has 0 radical (unpaired) electrons. The zero-order valence-corrected chi connectivity index (χ0v) is 7.63. The molecule has 9 heavy (non-hydrogen) atoms. The highest BCUT2D eigenvalue weighted by Gasteiger charge is 1.92. The van der Waals surface area contributed by atoms with Crippen molar-refractivity contribution in [2.75, 3.05) is 6.54 Å². The monoisotopic (exact) mass is 241 g/mol. The summed E-state index contributed by atoms with van der Waals surface area (Å²) in [6.45, 7) is 2.87. The van der Waals surface area contributed by atoms with Crippen molar-refractivity contribution in [2.45, 2.75) is 17.3 Å². The summed E-state index contributed by atoms with van der Waals surface area (Å²) in [4.78, 5) is 3.83. The minimum atomic E-state index is 0.187. The van der Waals surface area contributed by atoms with Gasteiger partial charge in [-0.25, -0.2) is 0 Å². The van der Waals surface area contributed by atoms with E-state index in [9.17, 15) is 0 Å². The van der Waals surface area contributed by atoms with Crippen LogP contribution in [0.3, 0.4) is 0 Å². The van der Waals surface area contributed by atoms with Crippen LogP contribution < -0.4 is 11.5 Å². The fourth-order valence-electron chi connectivity index (χ4n) is 0.372. The lowest BCUT2D eigenvalue weighted by Crippen LogP contribution is -2.23. The first-order chi connectivity index (χ1) is 4.13. The fraction of sp³-hybridized carbons (Fsp3) is 0.800. The highest BCUT2D eigenvalue weighted by Crippen LogP contribution is 2.02.